The van der Waals surface area contributed by atoms with E-state index in [0.29, 0.717) is 11.3 Å². The largest absolute Gasteiger partial charge is 0.374 e. The zero-order chi connectivity index (χ0) is 19.2. The number of nitrogens with two attached hydrogens (primary N) is 1. The van der Waals surface area contributed by atoms with Crippen molar-refractivity contribution in [2.75, 3.05) is 10.6 Å². The van der Waals surface area contributed by atoms with Crippen LogP contribution in [0, 0.1) is 0 Å². The van der Waals surface area contributed by atoms with Gasteiger partial charge in [0.1, 0.15) is 6.04 Å². The van der Waals surface area contributed by atoms with Crippen molar-refractivity contribution in [2.45, 2.75) is 13.0 Å². The summed E-state index contributed by atoms with van der Waals surface area (Å²) in [6.45, 7) is 1.79. The van der Waals surface area contributed by atoms with Crippen molar-refractivity contribution in [1.82, 2.24) is 0 Å². The zero-order valence-corrected chi connectivity index (χ0v) is 15.0. The lowest BCUT2D eigenvalue weighted by Gasteiger charge is -2.16. The summed E-state index contributed by atoms with van der Waals surface area (Å²) in [6.07, 6.45) is 0. The molecule has 27 heavy (non-hydrogen) atoms. The second kappa shape index (κ2) is 8.19. The molecule has 0 aromatic heterocycles. The Morgan fingerprint density at radius 3 is 1.93 bits per heavy atom. The van der Waals surface area contributed by atoms with Crippen LogP contribution < -0.4 is 16.4 Å². The van der Waals surface area contributed by atoms with E-state index in [1.807, 2.05) is 42.5 Å². The fourth-order valence-electron chi connectivity index (χ4n) is 2.67. The Bertz CT molecular complexity index is 920. The van der Waals surface area contributed by atoms with Crippen LogP contribution in [0.3, 0.4) is 0 Å². The van der Waals surface area contributed by atoms with E-state index in [1.165, 1.54) is 0 Å². The first-order valence-electron chi connectivity index (χ1n) is 8.66. The van der Waals surface area contributed by atoms with Crippen LogP contribution in [-0.2, 0) is 4.79 Å². The Labute approximate surface area is 158 Å². The molecule has 5 nitrogen and oxygen atoms in total. The third-order valence-electron chi connectivity index (χ3n) is 4.21. The third kappa shape index (κ3) is 4.73. The van der Waals surface area contributed by atoms with E-state index in [1.54, 1.807) is 31.2 Å². The molecule has 0 heterocycles. The molecule has 0 aliphatic heterocycles. The van der Waals surface area contributed by atoms with Crippen LogP contribution in [0.15, 0.2) is 78.9 Å². The summed E-state index contributed by atoms with van der Waals surface area (Å²) in [5, 5.41) is 6.00. The lowest BCUT2D eigenvalue weighted by Crippen LogP contribution is -2.31. The number of carbonyl (C=O) groups is 2. The van der Waals surface area contributed by atoms with Crippen LogP contribution >= 0.6 is 0 Å². The van der Waals surface area contributed by atoms with Gasteiger partial charge in [-0.3, -0.25) is 9.59 Å². The molecule has 0 saturated carbocycles. The average molecular weight is 359 g/mol. The van der Waals surface area contributed by atoms with Gasteiger partial charge in [0.15, 0.2) is 0 Å². The quantitative estimate of drug-likeness (QED) is 0.624. The summed E-state index contributed by atoms with van der Waals surface area (Å²) in [6, 6.07) is 24.1. The van der Waals surface area contributed by atoms with Crippen LogP contribution in [0.1, 0.15) is 17.3 Å². The minimum Gasteiger partial charge on any atom is -0.374 e. The lowest BCUT2D eigenvalue weighted by molar-refractivity contribution is -0.116. The van der Waals surface area contributed by atoms with Gasteiger partial charge in [-0.25, -0.2) is 0 Å². The molecule has 3 aromatic rings. The van der Waals surface area contributed by atoms with Gasteiger partial charge in [-0.15, -0.1) is 0 Å². The Kier molecular flexibility index (Phi) is 5.52. The highest BCUT2D eigenvalue weighted by Gasteiger charge is 2.13. The molecule has 0 radical (unpaired) electrons. The number of hydrogen-bond acceptors (Lipinski definition) is 3. The van der Waals surface area contributed by atoms with Crippen molar-refractivity contribution >= 4 is 23.2 Å². The van der Waals surface area contributed by atoms with Gasteiger partial charge in [0.05, 0.1) is 0 Å². The number of carbonyl (C=O) groups excluding carboxylic acids is 2. The van der Waals surface area contributed by atoms with E-state index >= 15 is 0 Å². The monoisotopic (exact) mass is 359 g/mol. The summed E-state index contributed by atoms with van der Waals surface area (Å²) in [5.41, 5.74) is 9.35. The Morgan fingerprint density at radius 1 is 0.778 bits per heavy atom. The van der Waals surface area contributed by atoms with Crippen LogP contribution in [0.5, 0.6) is 0 Å². The van der Waals surface area contributed by atoms with Gasteiger partial charge in [-0.2, -0.15) is 0 Å². The smallest absolute Gasteiger partial charge is 0.248 e. The average Bonchev–Trinajstić information content (AvgIpc) is 2.69. The summed E-state index contributed by atoms with van der Waals surface area (Å²) in [5.74, 6) is -0.671. The molecule has 4 N–H and O–H groups in total. The maximum atomic E-state index is 12.4. The maximum absolute atomic E-state index is 12.4. The number of rotatable bonds is 6. The van der Waals surface area contributed by atoms with E-state index in [2.05, 4.69) is 22.8 Å². The standard InChI is InChI=1S/C22H21N3O2/c1-15(22(27)25-20-13-9-18(10-14-20)21(23)26)24-19-11-7-17(8-12-19)16-5-3-2-4-6-16/h2-15,24H,1H3,(H2,23,26)(H,25,27)/t15-/m0/s1. The van der Waals surface area contributed by atoms with Gasteiger partial charge in [0.2, 0.25) is 11.8 Å². The van der Waals surface area contributed by atoms with Crippen molar-refractivity contribution in [2.24, 2.45) is 5.73 Å². The molecular weight excluding hydrogens is 338 g/mol. The molecule has 3 aromatic carbocycles. The van der Waals surface area contributed by atoms with Crippen LogP contribution in [0.25, 0.3) is 11.1 Å². The third-order valence-corrected chi connectivity index (χ3v) is 4.21. The molecule has 0 unspecified atom stereocenters. The van der Waals surface area contributed by atoms with E-state index in [9.17, 15) is 9.59 Å². The van der Waals surface area contributed by atoms with Gasteiger partial charge >= 0.3 is 0 Å². The van der Waals surface area contributed by atoms with Crippen molar-refractivity contribution in [3.63, 3.8) is 0 Å². The second-order valence-electron chi connectivity index (χ2n) is 6.24. The number of nitrogens with one attached hydrogen (secondary N) is 2. The van der Waals surface area contributed by atoms with Gasteiger partial charge in [-0.05, 0) is 54.4 Å². The highest BCUT2D eigenvalue weighted by Crippen LogP contribution is 2.21. The fraction of sp³-hybridized carbons (Fsp3) is 0.0909. The van der Waals surface area contributed by atoms with Crippen molar-refractivity contribution in [1.29, 1.82) is 0 Å². The number of benzene rings is 3. The van der Waals surface area contributed by atoms with Gasteiger partial charge in [-0.1, -0.05) is 42.5 Å². The molecule has 0 aliphatic rings. The second-order valence-corrected chi connectivity index (χ2v) is 6.24. The molecule has 2 amide bonds. The summed E-state index contributed by atoms with van der Waals surface area (Å²) in [4.78, 5) is 23.4. The number of amides is 2. The molecule has 0 saturated heterocycles. The topological polar surface area (TPSA) is 84.2 Å². The number of hydrogen-bond donors (Lipinski definition) is 3. The van der Waals surface area contributed by atoms with E-state index in [0.717, 1.165) is 16.8 Å². The summed E-state index contributed by atoms with van der Waals surface area (Å²) >= 11 is 0. The minimum absolute atomic E-state index is 0.172. The van der Waals surface area contributed by atoms with Crippen molar-refractivity contribution in [3.8, 4) is 11.1 Å². The maximum Gasteiger partial charge on any atom is 0.248 e. The Morgan fingerprint density at radius 2 is 1.33 bits per heavy atom. The SMILES string of the molecule is C[C@H](Nc1ccc(-c2ccccc2)cc1)C(=O)Nc1ccc(C(N)=O)cc1. The predicted octanol–water partition coefficient (Wildman–Crippen LogP) is 3.89. The van der Waals surface area contributed by atoms with Crippen LogP contribution in [-0.4, -0.2) is 17.9 Å². The number of anilines is 2. The molecule has 1 atom stereocenters. The van der Waals surface area contributed by atoms with Gasteiger partial charge < -0.3 is 16.4 Å². The van der Waals surface area contributed by atoms with Crippen LogP contribution in [0.2, 0.25) is 0 Å². The number of primary amides is 1. The predicted molar refractivity (Wildman–Crippen MR) is 109 cm³/mol. The fourth-order valence-corrected chi connectivity index (χ4v) is 2.67. The molecule has 0 aliphatic carbocycles. The molecule has 3 rings (SSSR count). The van der Waals surface area contributed by atoms with Gasteiger partial charge in [0.25, 0.3) is 0 Å². The van der Waals surface area contributed by atoms with Crippen molar-refractivity contribution in [3.05, 3.63) is 84.4 Å². The molecular formula is C22H21N3O2. The normalized spacial score (nSPS) is 11.4. The molecule has 136 valence electrons. The molecule has 0 fully saturated rings. The van der Waals surface area contributed by atoms with E-state index < -0.39 is 11.9 Å². The first-order chi connectivity index (χ1) is 13.0. The first kappa shape index (κ1) is 18.2. The summed E-state index contributed by atoms with van der Waals surface area (Å²) in [7, 11) is 0. The zero-order valence-electron chi connectivity index (χ0n) is 15.0. The van der Waals surface area contributed by atoms with Crippen LogP contribution in [0.4, 0.5) is 11.4 Å². The summed E-state index contributed by atoms with van der Waals surface area (Å²) < 4.78 is 0. The molecule has 5 heteroatoms. The minimum atomic E-state index is -0.498. The van der Waals surface area contributed by atoms with E-state index in [4.69, 9.17) is 5.73 Å². The van der Waals surface area contributed by atoms with Crippen molar-refractivity contribution < 1.29 is 9.59 Å². The van der Waals surface area contributed by atoms with E-state index in [-0.39, 0.29) is 5.91 Å². The molecule has 0 bridgehead atoms. The highest BCUT2D eigenvalue weighted by atomic mass is 16.2. The Balaban J connectivity index is 1.60. The lowest BCUT2D eigenvalue weighted by atomic mass is 10.1. The highest BCUT2D eigenvalue weighted by molar-refractivity contribution is 5.97. The first-order valence-corrected chi connectivity index (χ1v) is 8.66. The molecule has 0 spiro atoms. The van der Waals surface area contributed by atoms with Gasteiger partial charge in [0, 0.05) is 16.9 Å². The Hall–Kier alpha value is -3.60.